The van der Waals surface area contributed by atoms with E-state index in [1.807, 2.05) is 6.08 Å². The van der Waals surface area contributed by atoms with Crippen LogP contribution in [0, 0.1) is 0 Å². The van der Waals surface area contributed by atoms with Crippen molar-refractivity contribution < 1.29 is 5.11 Å². The van der Waals surface area contributed by atoms with E-state index < -0.39 is 0 Å². The summed E-state index contributed by atoms with van der Waals surface area (Å²) in [6, 6.07) is 0. The number of aliphatic hydroxyl groups is 1. The molecule has 0 aromatic heterocycles. The molecule has 0 aliphatic heterocycles. The fourth-order valence-electron chi connectivity index (χ4n) is 0.948. The molecule has 0 saturated heterocycles. The van der Waals surface area contributed by atoms with Crippen LogP contribution in [0.5, 0.6) is 0 Å². The summed E-state index contributed by atoms with van der Waals surface area (Å²) in [5, 5.41) is 8.60. The van der Waals surface area contributed by atoms with Crippen LogP contribution in [-0.2, 0) is 0 Å². The molecule has 1 N–H and O–H groups in total. The van der Waals surface area contributed by atoms with Crippen LogP contribution in [0.1, 0.15) is 40.0 Å². The molecule has 1 nitrogen and oxygen atoms in total. The molecule has 0 aliphatic rings. The van der Waals surface area contributed by atoms with Crippen molar-refractivity contribution in [2.45, 2.75) is 40.0 Å². The standard InChI is InChI=1S/C11H20O/c1-4-10(2)6-5-7-11(3)8-9-12/h6,8,12H,4-5,7,9H2,1-3H3/b10-6?,11-8-. The van der Waals surface area contributed by atoms with Gasteiger partial charge in [-0.05, 0) is 33.1 Å². The van der Waals surface area contributed by atoms with Gasteiger partial charge >= 0.3 is 0 Å². The van der Waals surface area contributed by atoms with E-state index in [4.69, 9.17) is 5.11 Å². The summed E-state index contributed by atoms with van der Waals surface area (Å²) in [5.74, 6) is 0. The Morgan fingerprint density at radius 1 is 1.17 bits per heavy atom. The van der Waals surface area contributed by atoms with Gasteiger partial charge in [0.25, 0.3) is 0 Å². The third kappa shape index (κ3) is 6.17. The number of rotatable bonds is 5. The highest BCUT2D eigenvalue weighted by molar-refractivity contribution is 5.03. The molecule has 1 heteroatoms. The van der Waals surface area contributed by atoms with E-state index in [0.29, 0.717) is 0 Å². The number of aliphatic hydroxyl groups excluding tert-OH is 1. The molecule has 0 unspecified atom stereocenters. The highest BCUT2D eigenvalue weighted by Crippen LogP contribution is 2.07. The molecule has 0 aromatic carbocycles. The predicted molar refractivity (Wildman–Crippen MR) is 54.1 cm³/mol. The van der Waals surface area contributed by atoms with E-state index in [9.17, 15) is 0 Å². The number of allylic oxidation sites excluding steroid dienone is 3. The first-order valence-electron chi connectivity index (χ1n) is 4.62. The fourth-order valence-corrected chi connectivity index (χ4v) is 0.948. The Balaban J connectivity index is 3.62. The topological polar surface area (TPSA) is 20.2 Å². The van der Waals surface area contributed by atoms with Crippen molar-refractivity contribution >= 4 is 0 Å². The van der Waals surface area contributed by atoms with Crippen LogP contribution in [0.2, 0.25) is 0 Å². The smallest absolute Gasteiger partial charge is 0.0614 e. The van der Waals surface area contributed by atoms with Gasteiger partial charge in [0.05, 0.1) is 6.61 Å². The summed E-state index contributed by atoms with van der Waals surface area (Å²) in [4.78, 5) is 0. The highest BCUT2D eigenvalue weighted by atomic mass is 16.2. The van der Waals surface area contributed by atoms with Crippen molar-refractivity contribution in [2.75, 3.05) is 6.61 Å². The van der Waals surface area contributed by atoms with Crippen LogP contribution in [0.4, 0.5) is 0 Å². The zero-order valence-electron chi connectivity index (χ0n) is 8.43. The van der Waals surface area contributed by atoms with E-state index in [0.717, 1.165) is 19.3 Å². The monoisotopic (exact) mass is 168 g/mol. The zero-order valence-corrected chi connectivity index (χ0v) is 8.43. The Bertz CT molecular complexity index is 166. The van der Waals surface area contributed by atoms with Crippen molar-refractivity contribution in [3.8, 4) is 0 Å². The molecule has 0 fully saturated rings. The summed E-state index contributed by atoms with van der Waals surface area (Å²) in [5.41, 5.74) is 2.73. The van der Waals surface area contributed by atoms with Gasteiger partial charge in [-0.25, -0.2) is 0 Å². The van der Waals surface area contributed by atoms with Gasteiger partial charge in [0.15, 0.2) is 0 Å². The summed E-state index contributed by atoms with van der Waals surface area (Å²) in [6.07, 6.45) is 7.45. The Kier molecular flexibility index (Phi) is 6.78. The molecule has 0 atom stereocenters. The van der Waals surface area contributed by atoms with Crippen LogP contribution < -0.4 is 0 Å². The minimum Gasteiger partial charge on any atom is -0.392 e. The number of hydrogen-bond donors (Lipinski definition) is 1. The highest BCUT2D eigenvalue weighted by Gasteiger charge is 1.88. The molecule has 0 amide bonds. The second-order valence-corrected chi connectivity index (χ2v) is 3.18. The molecule has 0 aromatic rings. The summed E-state index contributed by atoms with van der Waals surface area (Å²) < 4.78 is 0. The molecule has 0 bridgehead atoms. The van der Waals surface area contributed by atoms with E-state index >= 15 is 0 Å². The Labute approximate surface area is 75.8 Å². The van der Waals surface area contributed by atoms with E-state index in [2.05, 4.69) is 26.8 Å². The van der Waals surface area contributed by atoms with Gasteiger partial charge in [0.2, 0.25) is 0 Å². The second kappa shape index (κ2) is 7.11. The largest absolute Gasteiger partial charge is 0.392 e. The maximum atomic E-state index is 8.60. The van der Waals surface area contributed by atoms with Crippen molar-refractivity contribution in [2.24, 2.45) is 0 Å². The Hall–Kier alpha value is -0.560. The first-order chi connectivity index (χ1) is 5.70. The van der Waals surface area contributed by atoms with Crippen LogP contribution in [0.3, 0.4) is 0 Å². The average Bonchev–Trinajstić information content (AvgIpc) is 2.04. The van der Waals surface area contributed by atoms with E-state index in [1.165, 1.54) is 11.1 Å². The van der Waals surface area contributed by atoms with Crippen molar-refractivity contribution in [1.29, 1.82) is 0 Å². The first kappa shape index (κ1) is 11.4. The normalized spacial score (nSPS) is 13.7. The van der Waals surface area contributed by atoms with Crippen molar-refractivity contribution in [1.82, 2.24) is 0 Å². The van der Waals surface area contributed by atoms with E-state index in [1.54, 1.807) is 0 Å². The molecule has 0 aliphatic carbocycles. The fraction of sp³-hybridized carbons (Fsp3) is 0.636. The van der Waals surface area contributed by atoms with Gasteiger partial charge in [0.1, 0.15) is 0 Å². The van der Waals surface area contributed by atoms with Crippen molar-refractivity contribution in [3.05, 3.63) is 23.3 Å². The lowest BCUT2D eigenvalue weighted by atomic mass is 10.1. The van der Waals surface area contributed by atoms with Gasteiger partial charge in [-0.15, -0.1) is 0 Å². The van der Waals surface area contributed by atoms with Crippen LogP contribution >= 0.6 is 0 Å². The zero-order chi connectivity index (χ0) is 9.40. The molecular weight excluding hydrogens is 148 g/mol. The molecule has 0 spiro atoms. The maximum absolute atomic E-state index is 8.60. The lowest BCUT2D eigenvalue weighted by Gasteiger charge is -1.98. The second-order valence-electron chi connectivity index (χ2n) is 3.18. The minimum atomic E-state index is 0.169. The quantitative estimate of drug-likeness (QED) is 0.625. The summed E-state index contributed by atoms with van der Waals surface area (Å²) in [7, 11) is 0. The van der Waals surface area contributed by atoms with Gasteiger partial charge in [0, 0.05) is 0 Å². The minimum absolute atomic E-state index is 0.169. The SMILES string of the molecule is CCC(C)=CCC/C(C)=C\CO. The number of hydrogen-bond acceptors (Lipinski definition) is 1. The van der Waals surface area contributed by atoms with Gasteiger partial charge in [-0.1, -0.05) is 30.2 Å². The Morgan fingerprint density at radius 2 is 1.83 bits per heavy atom. The lowest BCUT2D eigenvalue weighted by Crippen LogP contribution is -1.81. The third-order valence-corrected chi connectivity index (χ3v) is 2.03. The summed E-state index contributed by atoms with van der Waals surface area (Å²) >= 11 is 0. The molecule has 0 heterocycles. The van der Waals surface area contributed by atoms with Crippen molar-refractivity contribution in [3.63, 3.8) is 0 Å². The molecule has 12 heavy (non-hydrogen) atoms. The van der Waals surface area contributed by atoms with Gasteiger partial charge < -0.3 is 5.11 Å². The van der Waals surface area contributed by atoms with E-state index in [-0.39, 0.29) is 6.61 Å². The molecule has 0 rings (SSSR count). The third-order valence-electron chi connectivity index (χ3n) is 2.03. The van der Waals surface area contributed by atoms with Gasteiger partial charge in [-0.2, -0.15) is 0 Å². The maximum Gasteiger partial charge on any atom is 0.0614 e. The van der Waals surface area contributed by atoms with Crippen LogP contribution in [-0.4, -0.2) is 11.7 Å². The lowest BCUT2D eigenvalue weighted by molar-refractivity contribution is 0.341. The molecule has 70 valence electrons. The summed E-state index contributed by atoms with van der Waals surface area (Å²) in [6.45, 7) is 6.56. The average molecular weight is 168 g/mol. The first-order valence-corrected chi connectivity index (χ1v) is 4.62. The van der Waals surface area contributed by atoms with Gasteiger partial charge in [-0.3, -0.25) is 0 Å². The Morgan fingerprint density at radius 3 is 2.33 bits per heavy atom. The van der Waals surface area contributed by atoms with Crippen LogP contribution in [0.25, 0.3) is 0 Å². The molecule has 0 radical (unpaired) electrons. The van der Waals surface area contributed by atoms with Crippen LogP contribution in [0.15, 0.2) is 23.3 Å². The molecule has 0 saturated carbocycles. The predicted octanol–water partition coefficient (Wildman–Crippen LogP) is 3.06. The molecular formula is C11H20O.